The standard InChI is InChI=1S/C15H18N4O5.C5H9NO4/c1-5-9(16)12(21)8-6(4-24-14(17)22)15(23-2)13-7(18-13)3-19(15)10(8)11(5)20;6-3(5(9)10)1-2-4(7)8/h6-7,13,18H,3-4,16H2,1-2H3,(H2,17,22);3H,1-2,6H2,(H,7,8)(H,9,10)/t6-,7+,13+,15-;3-/m10/s1. The quantitative estimate of drug-likeness (QED) is 0.164. The normalized spacial score (nSPS) is 29.6. The van der Waals surface area contributed by atoms with E-state index in [1.165, 1.54) is 14.0 Å². The van der Waals surface area contributed by atoms with Crippen molar-refractivity contribution in [3.05, 3.63) is 22.5 Å². The Morgan fingerprint density at radius 2 is 1.91 bits per heavy atom. The molecule has 0 radical (unpaired) electrons. The number of nitrogens with one attached hydrogen (secondary N) is 1. The van der Waals surface area contributed by atoms with Gasteiger partial charge in [0.15, 0.2) is 5.72 Å². The predicted octanol–water partition coefficient (Wildman–Crippen LogP) is -2.39. The number of hydrogen-bond acceptors (Lipinski definition) is 11. The number of nitrogens with two attached hydrogens (primary N) is 3. The van der Waals surface area contributed by atoms with E-state index in [0.717, 1.165) is 0 Å². The Labute approximate surface area is 193 Å². The van der Waals surface area contributed by atoms with Crippen LogP contribution < -0.4 is 22.5 Å². The molecule has 0 unspecified atom stereocenters. The van der Waals surface area contributed by atoms with Crippen LogP contribution in [0.1, 0.15) is 19.8 Å². The number of allylic oxidation sites excluding steroid dienone is 2. The first-order valence-electron chi connectivity index (χ1n) is 10.4. The number of methoxy groups -OCH3 is 1. The molecule has 186 valence electrons. The van der Waals surface area contributed by atoms with Crippen molar-refractivity contribution < 1.29 is 43.7 Å². The number of carbonyl (C=O) groups is 5. The molecule has 0 bridgehead atoms. The van der Waals surface area contributed by atoms with E-state index in [2.05, 4.69) is 5.32 Å². The molecule has 2 saturated heterocycles. The summed E-state index contributed by atoms with van der Waals surface area (Å²) in [6.07, 6.45) is -1.17. The third-order valence-electron chi connectivity index (χ3n) is 6.46. The Hall–Kier alpha value is -3.49. The molecule has 4 rings (SSSR count). The number of ketones is 2. The summed E-state index contributed by atoms with van der Waals surface area (Å²) >= 11 is 0. The molecular weight excluding hydrogens is 454 g/mol. The summed E-state index contributed by atoms with van der Waals surface area (Å²) in [4.78, 5) is 58.3. The minimum atomic E-state index is -1.17. The lowest BCUT2D eigenvalue weighted by Crippen LogP contribution is -2.55. The average molecular weight is 481 g/mol. The number of rotatable bonds is 7. The second-order valence-corrected chi connectivity index (χ2v) is 8.34. The first kappa shape index (κ1) is 25.1. The number of Topliss-reactive ketones (excluding diaryl/α,β-unsaturated/α-hetero) is 2. The minimum absolute atomic E-state index is 0.0231. The van der Waals surface area contributed by atoms with Gasteiger partial charge in [0.1, 0.15) is 12.6 Å². The van der Waals surface area contributed by atoms with Crippen molar-refractivity contribution in [2.75, 3.05) is 20.3 Å². The lowest BCUT2D eigenvalue weighted by molar-refractivity contribution is -0.140. The molecule has 0 aromatic rings. The van der Waals surface area contributed by atoms with Gasteiger partial charge in [-0.2, -0.15) is 0 Å². The average Bonchev–Trinajstić information content (AvgIpc) is 3.39. The van der Waals surface area contributed by atoms with E-state index in [1.54, 1.807) is 0 Å². The van der Waals surface area contributed by atoms with Crippen molar-refractivity contribution in [3.8, 4) is 0 Å². The van der Waals surface area contributed by atoms with Crippen molar-refractivity contribution in [2.45, 2.75) is 43.6 Å². The van der Waals surface area contributed by atoms with Crippen molar-refractivity contribution in [1.29, 1.82) is 0 Å². The van der Waals surface area contributed by atoms with Crippen LogP contribution in [0.2, 0.25) is 0 Å². The number of carboxylic acid groups (broad SMARTS) is 2. The summed E-state index contributed by atoms with van der Waals surface area (Å²) < 4.78 is 10.8. The molecule has 0 saturated carbocycles. The third kappa shape index (κ3) is 3.99. The SMILES string of the molecule is CO[C@@]12[C@H](COC(N)=O)C3=C(C(=O)C(C)=C(N)C3=O)N1C[C@@H]1N[C@@H]12.N[C@@H](CCC(=O)O)C(=O)O. The second-order valence-electron chi connectivity index (χ2n) is 8.34. The topological polar surface area (TPSA) is 248 Å². The van der Waals surface area contributed by atoms with Crippen LogP contribution in [0.15, 0.2) is 22.5 Å². The zero-order valence-electron chi connectivity index (χ0n) is 18.6. The van der Waals surface area contributed by atoms with Crippen LogP contribution in [-0.4, -0.2) is 88.8 Å². The minimum Gasteiger partial charge on any atom is -0.481 e. The fourth-order valence-corrected chi connectivity index (χ4v) is 4.71. The maximum atomic E-state index is 12.8. The molecule has 1 amide bonds. The van der Waals surface area contributed by atoms with Crippen LogP contribution in [0.4, 0.5) is 4.79 Å². The van der Waals surface area contributed by atoms with Gasteiger partial charge in [0.25, 0.3) is 0 Å². The molecule has 3 heterocycles. The number of carboxylic acids is 2. The first-order valence-corrected chi connectivity index (χ1v) is 10.4. The van der Waals surface area contributed by atoms with Crippen molar-refractivity contribution in [2.24, 2.45) is 23.1 Å². The van der Waals surface area contributed by atoms with E-state index in [1.807, 2.05) is 4.90 Å². The number of carbonyl (C=O) groups excluding carboxylic acids is 3. The van der Waals surface area contributed by atoms with Gasteiger partial charge in [-0.3, -0.25) is 19.2 Å². The molecule has 14 heteroatoms. The first-order chi connectivity index (χ1) is 15.9. The summed E-state index contributed by atoms with van der Waals surface area (Å²) in [5.74, 6) is -3.54. The number of hydrogen-bond donors (Lipinski definition) is 6. The van der Waals surface area contributed by atoms with E-state index in [-0.39, 0.29) is 54.2 Å². The van der Waals surface area contributed by atoms with E-state index in [9.17, 15) is 24.0 Å². The smallest absolute Gasteiger partial charge is 0.404 e. The summed E-state index contributed by atoms with van der Waals surface area (Å²) in [7, 11) is 1.52. The van der Waals surface area contributed by atoms with Crippen LogP contribution in [0.25, 0.3) is 0 Å². The van der Waals surface area contributed by atoms with E-state index in [4.69, 9.17) is 36.9 Å². The van der Waals surface area contributed by atoms with Crippen molar-refractivity contribution in [3.63, 3.8) is 0 Å². The Balaban J connectivity index is 0.000000277. The summed E-state index contributed by atoms with van der Waals surface area (Å²) in [5.41, 5.74) is 15.7. The van der Waals surface area contributed by atoms with Crippen LogP contribution in [0, 0.1) is 5.92 Å². The van der Waals surface area contributed by atoms with Crippen LogP contribution >= 0.6 is 0 Å². The highest BCUT2D eigenvalue weighted by molar-refractivity contribution is 6.25. The van der Waals surface area contributed by atoms with Gasteiger partial charge in [0, 0.05) is 37.3 Å². The zero-order chi connectivity index (χ0) is 25.5. The van der Waals surface area contributed by atoms with Gasteiger partial charge in [-0.05, 0) is 13.3 Å². The molecule has 1 aliphatic carbocycles. The molecule has 5 atom stereocenters. The number of aliphatic carboxylic acids is 2. The monoisotopic (exact) mass is 481 g/mol. The maximum Gasteiger partial charge on any atom is 0.404 e. The van der Waals surface area contributed by atoms with Gasteiger partial charge >= 0.3 is 18.0 Å². The lowest BCUT2D eigenvalue weighted by Gasteiger charge is -2.39. The predicted molar refractivity (Wildman–Crippen MR) is 113 cm³/mol. The van der Waals surface area contributed by atoms with Crippen molar-refractivity contribution in [1.82, 2.24) is 10.2 Å². The summed E-state index contributed by atoms with van der Waals surface area (Å²) in [6.45, 7) is 1.92. The van der Waals surface area contributed by atoms with Gasteiger partial charge < -0.3 is 47.1 Å². The maximum absolute atomic E-state index is 12.8. The number of primary amides is 1. The highest BCUT2D eigenvalue weighted by Crippen LogP contribution is 2.55. The fraction of sp³-hybridized carbons (Fsp3) is 0.550. The van der Waals surface area contributed by atoms with E-state index in [0.29, 0.717) is 12.2 Å². The molecule has 9 N–H and O–H groups in total. The number of piperazine rings is 1. The van der Waals surface area contributed by atoms with E-state index < -0.39 is 41.5 Å². The second kappa shape index (κ2) is 9.04. The number of fused-ring (bicyclic) bond motifs is 4. The van der Waals surface area contributed by atoms with Gasteiger partial charge in [-0.1, -0.05) is 0 Å². The molecule has 0 aromatic carbocycles. The third-order valence-corrected chi connectivity index (χ3v) is 6.46. The van der Waals surface area contributed by atoms with Gasteiger partial charge in [-0.25, -0.2) is 4.79 Å². The van der Waals surface area contributed by atoms with Crippen LogP contribution in [-0.2, 0) is 28.7 Å². The molecular formula is C20H27N5O9. The van der Waals surface area contributed by atoms with Crippen LogP contribution in [0.5, 0.6) is 0 Å². The van der Waals surface area contributed by atoms with Gasteiger partial charge in [0.05, 0.1) is 23.4 Å². The Morgan fingerprint density at radius 1 is 1.26 bits per heavy atom. The van der Waals surface area contributed by atoms with Gasteiger partial charge in [-0.15, -0.1) is 0 Å². The lowest BCUT2D eigenvalue weighted by atomic mass is 9.82. The molecule has 0 aromatic heterocycles. The molecule has 14 nitrogen and oxygen atoms in total. The largest absolute Gasteiger partial charge is 0.481 e. The zero-order valence-corrected chi connectivity index (χ0v) is 18.6. The number of ether oxygens (including phenoxy) is 2. The number of amides is 1. The molecule has 0 spiro atoms. The van der Waals surface area contributed by atoms with Crippen molar-refractivity contribution >= 4 is 29.6 Å². The highest BCUT2D eigenvalue weighted by Gasteiger charge is 2.72. The molecule has 2 fully saturated rings. The van der Waals surface area contributed by atoms with Gasteiger partial charge in [0.2, 0.25) is 11.6 Å². The summed E-state index contributed by atoms with van der Waals surface area (Å²) in [5, 5.41) is 19.6. The molecule has 4 aliphatic rings. The van der Waals surface area contributed by atoms with E-state index >= 15 is 0 Å². The highest BCUT2D eigenvalue weighted by atomic mass is 16.6. The Bertz CT molecular complexity index is 1020. The Kier molecular flexibility index (Phi) is 6.68. The number of nitrogens with zero attached hydrogens (tertiary/aromatic N) is 1. The molecule has 34 heavy (non-hydrogen) atoms. The van der Waals surface area contributed by atoms with Crippen LogP contribution in [0.3, 0.4) is 0 Å². The summed E-state index contributed by atoms with van der Waals surface area (Å²) in [6, 6.07) is -0.950. The molecule has 3 aliphatic heterocycles. The Morgan fingerprint density at radius 3 is 2.44 bits per heavy atom. The fourth-order valence-electron chi connectivity index (χ4n) is 4.71.